The van der Waals surface area contributed by atoms with Crippen LogP contribution in [0.2, 0.25) is 0 Å². The summed E-state index contributed by atoms with van der Waals surface area (Å²) in [7, 11) is 0. The highest BCUT2D eigenvalue weighted by atomic mass is 19.2. The zero-order chi connectivity index (χ0) is 13.4. The molecule has 1 rings (SSSR count). The van der Waals surface area contributed by atoms with Crippen LogP contribution in [0.15, 0.2) is 12.1 Å². The van der Waals surface area contributed by atoms with Gasteiger partial charge in [-0.2, -0.15) is 0 Å². The Morgan fingerprint density at radius 2 is 1.29 bits per heavy atom. The summed E-state index contributed by atoms with van der Waals surface area (Å²) in [5.41, 5.74) is 0.192. The number of rotatable bonds is 2. The highest BCUT2D eigenvalue weighted by molar-refractivity contribution is 5.34. The minimum atomic E-state index is -0.698. The van der Waals surface area contributed by atoms with Gasteiger partial charge in [-0.25, -0.2) is 8.78 Å². The molecule has 0 atom stereocenters. The van der Waals surface area contributed by atoms with E-state index in [0.717, 1.165) is 6.42 Å². The Labute approximate surface area is 103 Å². The van der Waals surface area contributed by atoms with Crippen LogP contribution < -0.4 is 0 Å². The van der Waals surface area contributed by atoms with Crippen molar-refractivity contribution < 1.29 is 8.78 Å². The second-order valence-electron chi connectivity index (χ2n) is 6.28. The van der Waals surface area contributed by atoms with Gasteiger partial charge in [-0.3, -0.25) is 0 Å². The lowest BCUT2D eigenvalue weighted by molar-refractivity contribution is 0.421. The van der Waals surface area contributed by atoms with Gasteiger partial charge in [0.15, 0.2) is 11.6 Å². The number of halogens is 2. The van der Waals surface area contributed by atoms with Crippen molar-refractivity contribution in [3.05, 3.63) is 34.9 Å². The molecule has 0 unspecified atom stereocenters. The molecule has 0 spiro atoms. The normalized spacial score (nSPS) is 12.9. The summed E-state index contributed by atoms with van der Waals surface area (Å²) in [6.45, 7) is 11.5. The average Bonchev–Trinajstić information content (AvgIpc) is 2.19. The van der Waals surface area contributed by atoms with E-state index in [9.17, 15) is 8.78 Å². The molecule has 0 N–H and O–H groups in total. The van der Waals surface area contributed by atoms with Crippen LogP contribution in [-0.2, 0) is 10.8 Å². The Morgan fingerprint density at radius 3 is 1.71 bits per heavy atom. The molecule has 0 saturated carbocycles. The highest BCUT2D eigenvalue weighted by Gasteiger charge is 2.28. The third-order valence-corrected chi connectivity index (χ3v) is 3.50. The second-order valence-corrected chi connectivity index (χ2v) is 6.28. The van der Waals surface area contributed by atoms with Crippen LogP contribution in [-0.4, -0.2) is 0 Å². The molecule has 1 aromatic carbocycles. The molecule has 0 radical (unpaired) electrons. The Morgan fingerprint density at radius 1 is 0.882 bits per heavy atom. The van der Waals surface area contributed by atoms with Crippen molar-refractivity contribution in [3.63, 3.8) is 0 Å². The number of benzene rings is 1. The first-order chi connectivity index (χ1) is 7.61. The Bertz CT molecular complexity index is 412. The summed E-state index contributed by atoms with van der Waals surface area (Å²) in [6.07, 6.45) is 0.776. The maximum absolute atomic E-state index is 14.1. The second kappa shape index (κ2) is 4.40. The standard InChI is InChI=1S/C15H22F2/c1-7-15(5,6)11-9-8-10(14(2,3)4)12(16)13(11)17/h8-9H,7H2,1-6H3. The van der Waals surface area contributed by atoms with Gasteiger partial charge >= 0.3 is 0 Å². The van der Waals surface area contributed by atoms with Gasteiger partial charge in [-0.05, 0) is 28.4 Å². The molecule has 0 nitrogen and oxygen atoms in total. The van der Waals surface area contributed by atoms with Gasteiger partial charge in [0.1, 0.15) is 0 Å². The van der Waals surface area contributed by atoms with E-state index in [2.05, 4.69) is 0 Å². The van der Waals surface area contributed by atoms with E-state index in [-0.39, 0.29) is 10.8 Å². The molecule has 1 aromatic rings. The van der Waals surface area contributed by atoms with Gasteiger partial charge in [0.2, 0.25) is 0 Å². The third kappa shape index (κ3) is 2.67. The molecular weight excluding hydrogens is 218 g/mol. The van der Waals surface area contributed by atoms with Crippen molar-refractivity contribution in [2.24, 2.45) is 0 Å². The molecule has 96 valence electrons. The summed E-state index contributed by atoms with van der Waals surface area (Å²) >= 11 is 0. The molecule has 17 heavy (non-hydrogen) atoms. The van der Waals surface area contributed by atoms with Crippen molar-refractivity contribution in [1.29, 1.82) is 0 Å². The molecule has 0 aliphatic carbocycles. The zero-order valence-corrected chi connectivity index (χ0v) is 11.6. The van der Waals surface area contributed by atoms with Gasteiger partial charge in [-0.1, -0.05) is 53.7 Å². The maximum Gasteiger partial charge on any atom is 0.162 e. The summed E-state index contributed by atoms with van der Waals surface area (Å²) in [6, 6.07) is 3.44. The predicted molar refractivity (Wildman–Crippen MR) is 68.4 cm³/mol. The molecule has 2 heteroatoms. The summed E-state index contributed by atoms with van der Waals surface area (Å²) in [5.74, 6) is -1.39. The van der Waals surface area contributed by atoms with Gasteiger partial charge in [0.05, 0.1) is 0 Å². The van der Waals surface area contributed by atoms with E-state index in [1.165, 1.54) is 0 Å². The van der Waals surface area contributed by atoms with Crippen molar-refractivity contribution in [2.45, 2.75) is 58.8 Å². The van der Waals surface area contributed by atoms with Crippen molar-refractivity contribution in [1.82, 2.24) is 0 Å². The van der Waals surface area contributed by atoms with Crippen LogP contribution >= 0.6 is 0 Å². The fourth-order valence-electron chi connectivity index (χ4n) is 1.84. The minimum absolute atomic E-state index is 0.332. The van der Waals surface area contributed by atoms with E-state index >= 15 is 0 Å². The van der Waals surface area contributed by atoms with Crippen molar-refractivity contribution >= 4 is 0 Å². The van der Waals surface area contributed by atoms with Crippen LogP contribution in [0.25, 0.3) is 0 Å². The first-order valence-electron chi connectivity index (χ1n) is 6.10. The quantitative estimate of drug-likeness (QED) is 0.686. The van der Waals surface area contributed by atoms with Gasteiger partial charge < -0.3 is 0 Å². The third-order valence-electron chi connectivity index (χ3n) is 3.50. The lowest BCUT2D eigenvalue weighted by Crippen LogP contribution is -2.21. The van der Waals surface area contributed by atoms with Crippen molar-refractivity contribution in [3.8, 4) is 0 Å². The molecule has 0 fully saturated rings. The monoisotopic (exact) mass is 240 g/mol. The maximum atomic E-state index is 14.1. The SMILES string of the molecule is CCC(C)(C)c1ccc(C(C)(C)C)c(F)c1F. The molecule has 0 bridgehead atoms. The Balaban J connectivity index is 3.40. The fraction of sp³-hybridized carbons (Fsp3) is 0.600. The molecule has 0 aliphatic heterocycles. The van der Waals surface area contributed by atoms with Crippen LogP contribution in [0.5, 0.6) is 0 Å². The lowest BCUT2D eigenvalue weighted by atomic mass is 9.79. The van der Waals surface area contributed by atoms with E-state index in [0.29, 0.717) is 11.1 Å². The van der Waals surface area contributed by atoms with Gasteiger partial charge in [-0.15, -0.1) is 0 Å². The van der Waals surface area contributed by atoms with Crippen LogP contribution in [0.3, 0.4) is 0 Å². The molecule has 0 aromatic heterocycles. The fourth-order valence-corrected chi connectivity index (χ4v) is 1.84. The van der Waals surface area contributed by atoms with Crippen LogP contribution in [0.1, 0.15) is 59.1 Å². The van der Waals surface area contributed by atoms with Gasteiger partial charge in [0.25, 0.3) is 0 Å². The molecule has 0 saturated heterocycles. The highest BCUT2D eigenvalue weighted by Crippen LogP contribution is 2.34. The smallest absolute Gasteiger partial charge is 0.162 e. The van der Waals surface area contributed by atoms with E-state index in [4.69, 9.17) is 0 Å². The summed E-state index contributed by atoms with van der Waals surface area (Å²) in [5, 5.41) is 0. The van der Waals surface area contributed by atoms with E-state index in [1.54, 1.807) is 12.1 Å². The molecular formula is C15H22F2. The van der Waals surface area contributed by atoms with Crippen molar-refractivity contribution in [2.75, 3.05) is 0 Å². The molecule has 0 heterocycles. The minimum Gasteiger partial charge on any atom is -0.203 e. The van der Waals surface area contributed by atoms with Crippen LogP contribution in [0, 0.1) is 11.6 Å². The summed E-state index contributed by atoms with van der Waals surface area (Å²) < 4.78 is 28.1. The zero-order valence-electron chi connectivity index (χ0n) is 11.6. The van der Waals surface area contributed by atoms with Crippen LogP contribution in [0.4, 0.5) is 8.78 Å². The van der Waals surface area contributed by atoms with E-state index < -0.39 is 11.6 Å². The Kier molecular flexibility index (Phi) is 3.66. The summed E-state index contributed by atoms with van der Waals surface area (Å²) in [4.78, 5) is 0. The predicted octanol–water partition coefficient (Wildman–Crippen LogP) is 4.95. The lowest BCUT2D eigenvalue weighted by Gasteiger charge is -2.27. The largest absolute Gasteiger partial charge is 0.203 e. The number of hydrogen-bond donors (Lipinski definition) is 0. The molecule has 0 aliphatic rings. The topological polar surface area (TPSA) is 0 Å². The Hall–Kier alpha value is -0.920. The average molecular weight is 240 g/mol. The van der Waals surface area contributed by atoms with E-state index in [1.807, 2.05) is 41.5 Å². The first-order valence-corrected chi connectivity index (χ1v) is 6.10. The van der Waals surface area contributed by atoms with Gasteiger partial charge in [0, 0.05) is 0 Å². The number of hydrogen-bond acceptors (Lipinski definition) is 0. The first kappa shape index (κ1) is 14.1. The molecule has 0 amide bonds.